The third-order valence-corrected chi connectivity index (χ3v) is 7.74. The molecule has 0 N–H and O–H groups in total. The number of methoxy groups -OCH3 is 1. The summed E-state index contributed by atoms with van der Waals surface area (Å²) in [6.07, 6.45) is 7.70. The summed E-state index contributed by atoms with van der Waals surface area (Å²) in [5.74, 6) is 0.471. The van der Waals surface area contributed by atoms with E-state index in [9.17, 15) is 9.59 Å². The highest BCUT2D eigenvalue weighted by Gasteiger charge is 2.23. The Bertz CT molecular complexity index is 916. The van der Waals surface area contributed by atoms with Crippen molar-refractivity contribution in [3.05, 3.63) is 20.8 Å². The molecule has 8 heteroatoms. The molecule has 0 aromatic carbocycles. The minimum atomic E-state index is 0.0226. The summed E-state index contributed by atoms with van der Waals surface area (Å²) < 4.78 is 6.92. The SMILES string of the molecule is COCCn1c(SCC(=O)N2CCCCC2)nc2sc3c(c2c1=O)CCCC3. The smallest absolute Gasteiger partial charge is 0.263 e. The average molecular weight is 422 g/mol. The Morgan fingerprint density at radius 3 is 2.75 bits per heavy atom. The van der Waals surface area contributed by atoms with E-state index in [2.05, 4.69) is 0 Å². The predicted molar refractivity (Wildman–Crippen MR) is 114 cm³/mol. The van der Waals surface area contributed by atoms with E-state index in [1.165, 1.54) is 35.0 Å². The summed E-state index contributed by atoms with van der Waals surface area (Å²) >= 11 is 3.04. The van der Waals surface area contributed by atoms with Gasteiger partial charge in [0.25, 0.3) is 5.56 Å². The molecule has 3 heterocycles. The number of carbonyl (C=O) groups excluding carboxylic acids is 1. The minimum absolute atomic E-state index is 0.0226. The zero-order valence-electron chi connectivity index (χ0n) is 16.4. The van der Waals surface area contributed by atoms with E-state index < -0.39 is 0 Å². The van der Waals surface area contributed by atoms with E-state index in [0.29, 0.717) is 24.1 Å². The topological polar surface area (TPSA) is 64.4 Å². The van der Waals surface area contributed by atoms with Crippen molar-refractivity contribution < 1.29 is 9.53 Å². The maximum atomic E-state index is 13.3. The molecule has 2 aromatic heterocycles. The molecule has 0 spiro atoms. The fourth-order valence-corrected chi connectivity index (χ4v) is 6.30. The monoisotopic (exact) mass is 421 g/mol. The van der Waals surface area contributed by atoms with Crippen molar-refractivity contribution in [1.82, 2.24) is 14.5 Å². The normalized spacial score (nSPS) is 17.1. The number of nitrogens with zero attached hydrogens (tertiary/aromatic N) is 3. The summed E-state index contributed by atoms with van der Waals surface area (Å²) in [5.41, 5.74) is 1.23. The Hall–Kier alpha value is -1.38. The lowest BCUT2D eigenvalue weighted by Gasteiger charge is -2.26. The zero-order valence-corrected chi connectivity index (χ0v) is 18.0. The number of likely N-dealkylation sites (tertiary alicyclic amines) is 1. The van der Waals surface area contributed by atoms with E-state index in [1.807, 2.05) is 4.90 Å². The van der Waals surface area contributed by atoms with Gasteiger partial charge in [-0.1, -0.05) is 11.8 Å². The van der Waals surface area contributed by atoms with Crippen LogP contribution in [-0.2, 0) is 28.9 Å². The number of aromatic nitrogens is 2. The van der Waals surface area contributed by atoms with Crippen LogP contribution in [0.3, 0.4) is 0 Å². The predicted octanol–water partition coefficient (Wildman–Crippen LogP) is 3.09. The molecule has 0 radical (unpaired) electrons. The summed E-state index contributed by atoms with van der Waals surface area (Å²) in [7, 11) is 1.64. The highest BCUT2D eigenvalue weighted by Crippen LogP contribution is 2.34. The Labute approximate surface area is 173 Å². The van der Waals surface area contributed by atoms with E-state index in [4.69, 9.17) is 9.72 Å². The molecule has 0 atom stereocenters. The van der Waals surface area contributed by atoms with Gasteiger partial charge in [-0.15, -0.1) is 11.3 Å². The average Bonchev–Trinajstić information content (AvgIpc) is 3.10. The van der Waals surface area contributed by atoms with Crippen LogP contribution in [0.5, 0.6) is 0 Å². The molecule has 0 unspecified atom stereocenters. The van der Waals surface area contributed by atoms with Crippen LogP contribution in [-0.4, -0.2) is 52.9 Å². The third-order valence-electron chi connectivity index (χ3n) is 5.59. The van der Waals surface area contributed by atoms with Crippen LogP contribution in [0.4, 0.5) is 0 Å². The number of fused-ring (bicyclic) bond motifs is 3. The Morgan fingerprint density at radius 1 is 1.18 bits per heavy atom. The quantitative estimate of drug-likeness (QED) is 0.530. The molecular weight excluding hydrogens is 394 g/mol. The standard InChI is InChI=1S/C20H27N3O3S2/c1-26-12-11-23-19(25)17-14-7-3-4-8-15(14)28-18(17)21-20(23)27-13-16(24)22-9-5-2-6-10-22/h2-13H2,1H3. The van der Waals surface area contributed by atoms with E-state index >= 15 is 0 Å². The van der Waals surface area contributed by atoms with Gasteiger partial charge in [0.15, 0.2) is 5.16 Å². The molecular formula is C20H27N3O3S2. The fourth-order valence-electron chi connectivity index (χ4n) is 4.07. The number of hydrogen-bond donors (Lipinski definition) is 0. The summed E-state index contributed by atoms with van der Waals surface area (Å²) in [6.45, 7) is 2.61. The molecule has 28 heavy (non-hydrogen) atoms. The number of ether oxygens (including phenoxy) is 1. The molecule has 2 aliphatic rings. The maximum absolute atomic E-state index is 13.3. The summed E-state index contributed by atoms with van der Waals surface area (Å²) in [5, 5.41) is 1.43. The van der Waals surface area contributed by atoms with Crippen LogP contribution in [0.25, 0.3) is 10.2 Å². The largest absolute Gasteiger partial charge is 0.383 e. The molecule has 2 aromatic rings. The molecule has 0 bridgehead atoms. The van der Waals surface area contributed by atoms with Gasteiger partial charge in [0.2, 0.25) is 5.91 Å². The van der Waals surface area contributed by atoms with Crippen LogP contribution in [0.1, 0.15) is 42.5 Å². The molecule has 152 valence electrons. The lowest BCUT2D eigenvalue weighted by molar-refractivity contribution is -0.129. The van der Waals surface area contributed by atoms with Gasteiger partial charge in [-0.2, -0.15) is 0 Å². The van der Waals surface area contributed by atoms with Crippen LogP contribution in [0.15, 0.2) is 9.95 Å². The second-order valence-electron chi connectivity index (χ2n) is 7.47. The van der Waals surface area contributed by atoms with Gasteiger partial charge in [-0.3, -0.25) is 14.2 Å². The van der Waals surface area contributed by atoms with Gasteiger partial charge < -0.3 is 9.64 Å². The lowest BCUT2D eigenvalue weighted by atomic mass is 9.97. The van der Waals surface area contributed by atoms with E-state index in [0.717, 1.165) is 55.4 Å². The number of rotatable bonds is 6. The van der Waals surface area contributed by atoms with Crippen LogP contribution in [0, 0.1) is 0 Å². The van der Waals surface area contributed by atoms with E-state index in [-0.39, 0.29) is 11.5 Å². The van der Waals surface area contributed by atoms with Crippen molar-refractivity contribution in [1.29, 1.82) is 0 Å². The van der Waals surface area contributed by atoms with Crippen LogP contribution >= 0.6 is 23.1 Å². The van der Waals surface area contributed by atoms with E-state index in [1.54, 1.807) is 23.0 Å². The highest BCUT2D eigenvalue weighted by molar-refractivity contribution is 7.99. The Kier molecular flexibility index (Phi) is 6.38. The van der Waals surface area contributed by atoms with Crippen molar-refractivity contribution in [3.8, 4) is 0 Å². The third kappa shape index (κ3) is 4.00. The lowest BCUT2D eigenvalue weighted by Crippen LogP contribution is -2.37. The number of thiophene rings is 1. The van der Waals surface area contributed by atoms with Crippen molar-refractivity contribution in [2.45, 2.75) is 56.6 Å². The van der Waals surface area contributed by atoms with Gasteiger partial charge in [0.1, 0.15) is 4.83 Å². The minimum Gasteiger partial charge on any atom is -0.383 e. The second kappa shape index (κ2) is 8.97. The van der Waals surface area contributed by atoms with Crippen molar-refractivity contribution in [2.24, 2.45) is 0 Å². The number of piperidine rings is 1. The van der Waals surface area contributed by atoms with Gasteiger partial charge >= 0.3 is 0 Å². The number of aryl methyl sites for hydroxylation is 2. The summed E-state index contributed by atoms with van der Waals surface area (Å²) in [4.78, 5) is 34.8. The van der Waals surface area contributed by atoms with Gasteiger partial charge in [0, 0.05) is 25.1 Å². The molecule has 4 rings (SSSR count). The van der Waals surface area contributed by atoms with Gasteiger partial charge in [-0.25, -0.2) is 4.98 Å². The first-order chi connectivity index (χ1) is 13.7. The first kappa shape index (κ1) is 19.9. The first-order valence-electron chi connectivity index (χ1n) is 10.1. The highest BCUT2D eigenvalue weighted by atomic mass is 32.2. The first-order valence-corrected chi connectivity index (χ1v) is 11.9. The van der Waals surface area contributed by atoms with Crippen molar-refractivity contribution in [3.63, 3.8) is 0 Å². The fraction of sp³-hybridized carbons (Fsp3) is 0.650. The van der Waals surface area contributed by atoms with Gasteiger partial charge in [0.05, 0.1) is 24.3 Å². The molecule has 1 aliphatic heterocycles. The van der Waals surface area contributed by atoms with Crippen LogP contribution < -0.4 is 5.56 Å². The van der Waals surface area contributed by atoms with Crippen molar-refractivity contribution >= 4 is 39.2 Å². The van der Waals surface area contributed by atoms with Gasteiger partial charge in [-0.05, 0) is 50.5 Å². The number of carbonyl (C=O) groups is 1. The molecule has 1 fully saturated rings. The number of amides is 1. The Morgan fingerprint density at radius 2 is 1.96 bits per heavy atom. The Balaban J connectivity index is 1.64. The van der Waals surface area contributed by atoms with Crippen LogP contribution in [0.2, 0.25) is 0 Å². The second-order valence-corrected chi connectivity index (χ2v) is 9.49. The molecule has 1 saturated heterocycles. The molecule has 6 nitrogen and oxygen atoms in total. The summed E-state index contributed by atoms with van der Waals surface area (Å²) in [6, 6.07) is 0. The zero-order chi connectivity index (χ0) is 19.5. The maximum Gasteiger partial charge on any atom is 0.263 e. The van der Waals surface area contributed by atoms with Crippen molar-refractivity contribution in [2.75, 3.05) is 32.6 Å². The molecule has 1 amide bonds. The number of hydrogen-bond acceptors (Lipinski definition) is 6. The molecule has 0 saturated carbocycles. The molecule has 1 aliphatic carbocycles. The number of thioether (sulfide) groups is 1.